The number of aryl methyl sites for hydroxylation is 2. The number of aromatic nitrogens is 3. The number of fused-ring (bicyclic) bond motifs is 2. The Hall–Kier alpha value is -1.91. The van der Waals surface area contributed by atoms with Crippen molar-refractivity contribution in [2.75, 3.05) is 6.54 Å². The first-order chi connectivity index (χ1) is 11.1. The zero-order valence-corrected chi connectivity index (χ0v) is 14.1. The smallest absolute Gasteiger partial charge is 0.0949 e. The van der Waals surface area contributed by atoms with Crippen LogP contribution in [0.4, 0.5) is 0 Å². The first kappa shape index (κ1) is 14.7. The summed E-state index contributed by atoms with van der Waals surface area (Å²) in [5.74, 6) is 0. The maximum Gasteiger partial charge on any atom is 0.0949 e. The van der Waals surface area contributed by atoms with Crippen molar-refractivity contribution in [1.82, 2.24) is 19.4 Å². The Labute approximate surface area is 140 Å². The Balaban J connectivity index is 1.65. The molecule has 3 aromatic rings. The predicted octanol–water partition coefficient (Wildman–Crippen LogP) is 3.49. The molecular weight excluding hydrogens is 308 g/mol. The van der Waals surface area contributed by atoms with E-state index in [1.807, 2.05) is 18.5 Å². The Morgan fingerprint density at radius 1 is 1.26 bits per heavy atom. The van der Waals surface area contributed by atoms with Crippen molar-refractivity contribution in [2.45, 2.75) is 26.4 Å². The van der Waals surface area contributed by atoms with Crippen molar-refractivity contribution in [1.29, 1.82) is 0 Å². The number of hydrogen-bond acceptors (Lipinski definition) is 3. The van der Waals surface area contributed by atoms with Gasteiger partial charge in [-0.3, -0.25) is 4.90 Å². The minimum atomic E-state index is 0.764. The van der Waals surface area contributed by atoms with Crippen molar-refractivity contribution in [3.63, 3.8) is 0 Å². The molecule has 4 rings (SSSR count). The van der Waals surface area contributed by atoms with E-state index in [2.05, 4.69) is 40.6 Å². The molecule has 0 amide bonds. The third-order valence-corrected chi connectivity index (χ3v) is 5.20. The zero-order valence-electron chi connectivity index (χ0n) is 13.4. The van der Waals surface area contributed by atoms with Crippen LogP contribution in [0, 0.1) is 6.92 Å². The molecule has 118 valence electrons. The highest BCUT2D eigenvalue weighted by atomic mass is 35.5. The molecule has 0 spiro atoms. The van der Waals surface area contributed by atoms with Gasteiger partial charge in [0.2, 0.25) is 0 Å². The standard InChI is InChI=1S/C18H19ClN4/c1-12-13-5-3-4-6-14(13)21-16(18(12)19)10-23-8-7-17-15(9-23)20-11-22(17)2/h3-6,11H,7-10H2,1-2H3. The quantitative estimate of drug-likeness (QED) is 0.723. The molecule has 1 aromatic carbocycles. The second-order valence-corrected chi connectivity index (χ2v) is 6.60. The van der Waals surface area contributed by atoms with Crippen LogP contribution < -0.4 is 0 Å². The number of pyridine rings is 1. The molecule has 0 aliphatic carbocycles. The molecule has 0 saturated carbocycles. The van der Waals surface area contributed by atoms with E-state index in [1.165, 1.54) is 11.4 Å². The van der Waals surface area contributed by atoms with Gasteiger partial charge in [-0.15, -0.1) is 0 Å². The molecular formula is C18H19ClN4. The summed E-state index contributed by atoms with van der Waals surface area (Å²) in [4.78, 5) is 11.7. The van der Waals surface area contributed by atoms with E-state index in [4.69, 9.17) is 16.6 Å². The molecule has 0 saturated heterocycles. The summed E-state index contributed by atoms with van der Waals surface area (Å²) in [5, 5.41) is 1.92. The molecule has 2 aromatic heterocycles. The summed E-state index contributed by atoms with van der Waals surface area (Å²) in [6.07, 6.45) is 2.93. The van der Waals surface area contributed by atoms with Crippen molar-refractivity contribution < 1.29 is 0 Å². The van der Waals surface area contributed by atoms with E-state index in [-0.39, 0.29) is 0 Å². The molecule has 0 bridgehead atoms. The summed E-state index contributed by atoms with van der Waals surface area (Å²) < 4.78 is 2.12. The summed E-state index contributed by atoms with van der Waals surface area (Å²) in [6, 6.07) is 8.18. The molecule has 0 radical (unpaired) electrons. The summed E-state index contributed by atoms with van der Waals surface area (Å²) in [6.45, 7) is 4.71. The van der Waals surface area contributed by atoms with Crippen LogP contribution in [0.3, 0.4) is 0 Å². The average molecular weight is 327 g/mol. The van der Waals surface area contributed by atoms with Crippen LogP contribution >= 0.6 is 11.6 Å². The lowest BCUT2D eigenvalue weighted by Crippen LogP contribution is -2.31. The lowest BCUT2D eigenvalue weighted by atomic mass is 10.1. The van der Waals surface area contributed by atoms with Crippen molar-refractivity contribution in [2.24, 2.45) is 7.05 Å². The van der Waals surface area contributed by atoms with Gasteiger partial charge in [0.25, 0.3) is 0 Å². The highest BCUT2D eigenvalue weighted by Crippen LogP contribution is 2.28. The number of halogens is 1. The van der Waals surface area contributed by atoms with E-state index < -0.39 is 0 Å². The van der Waals surface area contributed by atoms with Crippen LogP contribution in [0.15, 0.2) is 30.6 Å². The zero-order chi connectivity index (χ0) is 16.0. The molecule has 4 nitrogen and oxygen atoms in total. The molecule has 0 fully saturated rings. The lowest BCUT2D eigenvalue weighted by molar-refractivity contribution is 0.237. The molecule has 0 atom stereocenters. The number of imidazole rings is 1. The van der Waals surface area contributed by atoms with Crippen LogP contribution in [0.25, 0.3) is 10.9 Å². The minimum absolute atomic E-state index is 0.764. The number of hydrogen-bond donors (Lipinski definition) is 0. The second-order valence-electron chi connectivity index (χ2n) is 6.22. The Kier molecular flexibility index (Phi) is 3.58. The fraction of sp³-hybridized carbons (Fsp3) is 0.333. The normalized spacial score (nSPS) is 15.1. The van der Waals surface area contributed by atoms with Gasteiger partial charge < -0.3 is 4.57 Å². The number of rotatable bonds is 2. The Morgan fingerprint density at radius 3 is 2.96 bits per heavy atom. The van der Waals surface area contributed by atoms with Crippen LogP contribution in [0.1, 0.15) is 22.6 Å². The maximum atomic E-state index is 6.59. The fourth-order valence-corrected chi connectivity index (χ4v) is 3.58. The van der Waals surface area contributed by atoms with E-state index in [1.54, 1.807) is 0 Å². The van der Waals surface area contributed by atoms with Gasteiger partial charge in [0, 0.05) is 44.2 Å². The monoisotopic (exact) mass is 326 g/mol. The van der Waals surface area contributed by atoms with E-state index in [0.717, 1.165) is 53.2 Å². The highest BCUT2D eigenvalue weighted by molar-refractivity contribution is 6.32. The van der Waals surface area contributed by atoms with Gasteiger partial charge in [-0.2, -0.15) is 0 Å². The topological polar surface area (TPSA) is 34.0 Å². The van der Waals surface area contributed by atoms with E-state index >= 15 is 0 Å². The summed E-state index contributed by atoms with van der Waals surface area (Å²) in [5.41, 5.74) is 5.60. The molecule has 1 aliphatic heterocycles. The highest BCUT2D eigenvalue weighted by Gasteiger charge is 2.21. The van der Waals surface area contributed by atoms with Gasteiger partial charge in [-0.05, 0) is 18.6 Å². The summed E-state index contributed by atoms with van der Waals surface area (Å²) >= 11 is 6.59. The van der Waals surface area contributed by atoms with Crippen molar-refractivity contribution >= 4 is 22.5 Å². The van der Waals surface area contributed by atoms with Gasteiger partial charge in [-0.1, -0.05) is 29.8 Å². The van der Waals surface area contributed by atoms with E-state index in [9.17, 15) is 0 Å². The van der Waals surface area contributed by atoms with Crippen LogP contribution in [-0.4, -0.2) is 26.0 Å². The molecule has 0 unspecified atom stereocenters. The van der Waals surface area contributed by atoms with Crippen molar-refractivity contribution in [3.8, 4) is 0 Å². The first-order valence-corrected chi connectivity index (χ1v) is 8.26. The van der Waals surface area contributed by atoms with Gasteiger partial charge in [0.05, 0.1) is 28.3 Å². The van der Waals surface area contributed by atoms with Gasteiger partial charge in [0.1, 0.15) is 0 Å². The maximum absolute atomic E-state index is 6.59. The molecule has 0 N–H and O–H groups in total. The third kappa shape index (κ3) is 2.52. The first-order valence-electron chi connectivity index (χ1n) is 7.88. The average Bonchev–Trinajstić information content (AvgIpc) is 2.93. The summed E-state index contributed by atoms with van der Waals surface area (Å²) in [7, 11) is 2.06. The largest absolute Gasteiger partial charge is 0.337 e. The third-order valence-electron chi connectivity index (χ3n) is 4.70. The molecule has 3 heterocycles. The minimum Gasteiger partial charge on any atom is -0.337 e. The van der Waals surface area contributed by atoms with Gasteiger partial charge in [-0.25, -0.2) is 9.97 Å². The van der Waals surface area contributed by atoms with E-state index in [0.29, 0.717) is 0 Å². The molecule has 1 aliphatic rings. The van der Waals surface area contributed by atoms with Crippen molar-refractivity contribution in [3.05, 3.63) is 58.3 Å². The Morgan fingerprint density at radius 2 is 2.09 bits per heavy atom. The van der Waals surface area contributed by atoms with Crippen LogP contribution in [0.5, 0.6) is 0 Å². The van der Waals surface area contributed by atoms with Gasteiger partial charge in [0.15, 0.2) is 0 Å². The SMILES string of the molecule is Cc1c(Cl)c(CN2CCc3c(ncn3C)C2)nc2ccccc12. The second kappa shape index (κ2) is 5.62. The van der Waals surface area contributed by atoms with Gasteiger partial charge >= 0.3 is 0 Å². The lowest BCUT2D eigenvalue weighted by Gasteiger charge is -2.27. The van der Waals surface area contributed by atoms with Crippen LogP contribution in [-0.2, 0) is 26.6 Å². The molecule has 5 heteroatoms. The predicted molar refractivity (Wildman–Crippen MR) is 92.5 cm³/mol. The number of benzene rings is 1. The number of para-hydroxylation sites is 1. The molecule has 23 heavy (non-hydrogen) atoms. The number of nitrogens with zero attached hydrogens (tertiary/aromatic N) is 4. The Bertz CT molecular complexity index is 884. The van der Waals surface area contributed by atoms with Crippen LogP contribution in [0.2, 0.25) is 5.02 Å². The fourth-order valence-electron chi connectivity index (χ4n) is 3.38.